The van der Waals surface area contributed by atoms with Crippen LogP contribution in [0.5, 0.6) is 0 Å². The predicted octanol–water partition coefficient (Wildman–Crippen LogP) is 3.35. The van der Waals surface area contributed by atoms with Crippen LogP contribution in [0.3, 0.4) is 0 Å². The van der Waals surface area contributed by atoms with Crippen molar-refractivity contribution in [3.63, 3.8) is 0 Å². The van der Waals surface area contributed by atoms with Crippen LogP contribution in [0.1, 0.15) is 37.7 Å². The van der Waals surface area contributed by atoms with Crippen molar-refractivity contribution in [3.8, 4) is 0 Å². The summed E-state index contributed by atoms with van der Waals surface area (Å²) in [7, 11) is 3.14. The van der Waals surface area contributed by atoms with Crippen molar-refractivity contribution in [1.29, 1.82) is 0 Å². The first kappa shape index (κ1) is 17.7. The van der Waals surface area contributed by atoms with E-state index in [0.717, 1.165) is 10.0 Å². The van der Waals surface area contributed by atoms with Crippen LogP contribution in [0.25, 0.3) is 0 Å². The normalized spacial score (nSPS) is 11.8. The summed E-state index contributed by atoms with van der Waals surface area (Å²) in [4.78, 5) is 24.8. The van der Waals surface area contributed by atoms with E-state index in [9.17, 15) is 9.59 Å². The second-order valence-corrected chi connectivity index (χ2v) is 6.07. The van der Waals surface area contributed by atoms with Gasteiger partial charge in [-0.1, -0.05) is 35.0 Å². The number of rotatable bonds is 7. The predicted molar refractivity (Wildman–Crippen MR) is 86.1 cm³/mol. The highest BCUT2D eigenvalue weighted by molar-refractivity contribution is 9.10. The van der Waals surface area contributed by atoms with E-state index in [1.54, 1.807) is 11.9 Å². The second-order valence-electron chi connectivity index (χ2n) is 5.15. The lowest BCUT2D eigenvalue weighted by Crippen LogP contribution is -2.29. The average Bonchev–Trinajstić information content (AvgIpc) is 2.47. The molecule has 0 N–H and O–H groups in total. The lowest BCUT2D eigenvalue weighted by molar-refractivity contribution is -0.141. The number of hydrogen-bond acceptors (Lipinski definition) is 3. The Hall–Kier alpha value is -1.36. The van der Waals surface area contributed by atoms with Gasteiger partial charge in [0.05, 0.1) is 7.11 Å². The van der Waals surface area contributed by atoms with Gasteiger partial charge in [0.2, 0.25) is 5.91 Å². The highest BCUT2D eigenvalue weighted by Gasteiger charge is 2.15. The van der Waals surface area contributed by atoms with E-state index in [1.807, 2.05) is 31.2 Å². The summed E-state index contributed by atoms with van der Waals surface area (Å²) in [6.45, 7) is 2.62. The minimum Gasteiger partial charge on any atom is -0.469 e. The minimum atomic E-state index is -0.237. The topological polar surface area (TPSA) is 46.6 Å². The highest BCUT2D eigenvalue weighted by Crippen LogP contribution is 2.22. The Morgan fingerprint density at radius 2 is 1.90 bits per heavy atom. The molecule has 0 saturated carbocycles. The van der Waals surface area contributed by atoms with E-state index in [4.69, 9.17) is 0 Å². The van der Waals surface area contributed by atoms with Gasteiger partial charge in [0.15, 0.2) is 0 Å². The number of benzene rings is 1. The Balaban J connectivity index is 2.40. The van der Waals surface area contributed by atoms with Crippen molar-refractivity contribution >= 4 is 27.8 Å². The molecule has 21 heavy (non-hydrogen) atoms. The van der Waals surface area contributed by atoms with Crippen molar-refractivity contribution < 1.29 is 14.3 Å². The highest BCUT2D eigenvalue weighted by atomic mass is 79.9. The molecule has 0 aromatic heterocycles. The number of nitrogens with zero attached hydrogens (tertiary/aromatic N) is 1. The molecular weight excluding hydrogens is 334 g/mol. The van der Waals surface area contributed by atoms with E-state index in [1.165, 1.54) is 7.11 Å². The molecule has 1 unspecified atom stereocenters. The van der Waals surface area contributed by atoms with Crippen molar-refractivity contribution in [2.75, 3.05) is 20.7 Å². The largest absolute Gasteiger partial charge is 0.469 e. The van der Waals surface area contributed by atoms with Gasteiger partial charge >= 0.3 is 5.97 Å². The molecule has 0 spiro atoms. The zero-order valence-corrected chi connectivity index (χ0v) is 14.4. The summed E-state index contributed by atoms with van der Waals surface area (Å²) >= 11 is 3.40. The Morgan fingerprint density at radius 3 is 2.48 bits per heavy atom. The molecule has 0 aliphatic carbocycles. The maximum absolute atomic E-state index is 12.1. The first-order valence-corrected chi connectivity index (χ1v) is 7.79. The molecule has 116 valence electrons. The number of ether oxygens (including phenoxy) is 1. The molecule has 1 atom stereocenters. The molecule has 0 aliphatic heterocycles. The van der Waals surface area contributed by atoms with Crippen LogP contribution in [0.15, 0.2) is 28.7 Å². The maximum atomic E-state index is 12.1. The van der Waals surface area contributed by atoms with Gasteiger partial charge in [0, 0.05) is 30.9 Å². The molecule has 1 amide bonds. The molecule has 0 saturated heterocycles. The van der Waals surface area contributed by atoms with Crippen molar-refractivity contribution in [2.45, 2.75) is 32.1 Å². The van der Waals surface area contributed by atoms with Crippen LogP contribution in [-0.2, 0) is 14.3 Å². The van der Waals surface area contributed by atoms with E-state index in [0.29, 0.717) is 25.8 Å². The molecule has 0 bridgehead atoms. The maximum Gasteiger partial charge on any atom is 0.305 e. The second kappa shape index (κ2) is 8.82. The Kier molecular flexibility index (Phi) is 7.43. The SMILES string of the molecule is COC(=O)CCCN(C)C(=O)CC(C)c1ccc(Br)cc1. The zero-order chi connectivity index (χ0) is 15.8. The van der Waals surface area contributed by atoms with Gasteiger partial charge in [-0.05, 0) is 30.0 Å². The zero-order valence-electron chi connectivity index (χ0n) is 12.8. The Labute approximate surface area is 134 Å². The third-order valence-electron chi connectivity index (χ3n) is 3.45. The van der Waals surface area contributed by atoms with Crippen LogP contribution in [-0.4, -0.2) is 37.5 Å². The van der Waals surface area contributed by atoms with Crippen molar-refractivity contribution in [2.24, 2.45) is 0 Å². The smallest absolute Gasteiger partial charge is 0.305 e. The fourth-order valence-corrected chi connectivity index (χ4v) is 2.28. The van der Waals surface area contributed by atoms with Crippen molar-refractivity contribution in [1.82, 2.24) is 4.90 Å². The molecule has 1 aromatic rings. The first-order valence-electron chi connectivity index (χ1n) is 7.00. The van der Waals surface area contributed by atoms with Gasteiger partial charge < -0.3 is 9.64 Å². The van der Waals surface area contributed by atoms with Gasteiger partial charge in [-0.2, -0.15) is 0 Å². The monoisotopic (exact) mass is 355 g/mol. The number of methoxy groups -OCH3 is 1. The van der Waals surface area contributed by atoms with Gasteiger partial charge in [0.1, 0.15) is 0 Å². The standard InChI is InChI=1S/C16H22BrNO3/c1-12(13-6-8-14(17)9-7-13)11-15(19)18(2)10-4-5-16(20)21-3/h6-9,12H,4-5,10-11H2,1-3H3. The van der Waals surface area contributed by atoms with Crippen molar-refractivity contribution in [3.05, 3.63) is 34.3 Å². The van der Waals surface area contributed by atoms with E-state index in [2.05, 4.69) is 20.7 Å². The van der Waals surface area contributed by atoms with Gasteiger partial charge in [-0.25, -0.2) is 0 Å². The molecule has 0 radical (unpaired) electrons. The minimum absolute atomic E-state index is 0.0929. The molecule has 0 aliphatic rings. The molecule has 0 heterocycles. The third kappa shape index (κ3) is 6.29. The number of esters is 1. The molecule has 4 nitrogen and oxygen atoms in total. The fourth-order valence-electron chi connectivity index (χ4n) is 2.01. The van der Waals surface area contributed by atoms with E-state index in [-0.39, 0.29) is 17.8 Å². The molecule has 1 aromatic carbocycles. The number of amides is 1. The van der Waals surface area contributed by atoms with Crippen LogP contribution >= 0.6 is 15.9 Å². The Morgan fingerprint density at radius 1 is 1.29 bits per heavy atom. The third-order valence-corrected chi connectivity index (χ3v) is 3.98. The quantitative estimate of drug-likeness (QED) is 0.704. The van der Waals surface area contributed by atoms with Gasteiger partial charge in [-0.3, -0.25) is 9.59 Å². The molecule has 5 heteroatoms. The lowest BCUT2D eigenvalue weighted by atomic mass is 9.97. The summed E-state index contributed by atoms with van der Waals surface area (Å²) in [6, 6.07) is 8.02. The van der Waals surface area contributed by atoms with Gasteiger partial charge in [0.25, 0.3) is 0 Å². The average molecular weight is 356 g/mol. The summed E-state index contributed by atoms with van der Waals surface area (Å²) < 4.78 is 5.61. The fraction of sp³-hybridized carbons (Fsp3) is 0.500. The summed E-state index contributed by atoms with van der Waals surface area (Å²) in [5.74, 6) is 0.0306. The number of hydrogen-bond donors (Lipinski definition) is 0. The van der Waals surface area contributed by atoms with Crippen LogP contribution < -0.4 is 0 Å². The summed E-state index contributed by atoms with van der Waals surface area (Å²) in [5.41, 5.74) is 1.15. The van der Waals surface area contributed by atoms with E-state index < -0.39 is 0 Å². The molecule has 1 rings (SSSR count). The summed E-state index contributed by atoms with van der Waals surface area (Å²) in [5, 5.41) is 0. The number of halogens is 1. The molecular formula is C16H22BrNO3. The first-order chi connectivity index (χ1) is 9.93. The lowest BCUT2D eigenvalue weighted by Gasteiger charge is -2.19. The van der Waals surface area contributed by atoms with E-state index >= 15 is 0 Å². The number of carbonyl (C=O) groups is 2. The number of carbonyl (C=O) groups excluding carboxylic acids is 2. The van der Waals surface area contributed by atoms with Crippen LogP contribution in [0, 0.1) is 0 Å². The van der Waals surface area contributed by atoms with Crippen LogP contribution in [0.2, 0.25) is 0 Å². The Bertz CT molecular complexity index is 473. The molecule has 0 fully saturated rings. The van der Waals surface area contributed by atoms with Crippen LogP contribution in [0.4, 0.5) is 0 Å². The van der Waals surface area contributed by atoms with Gasteiger partial charge in [-0.15, -0.1) is 0 Å². The summed E-state index contributed by atoms with van der Waals surface area (Å²) in [6.07, 6.45) is 1.44.